The smallest absolute Gasteiger partial charge is 0.0501 e. The van der Waals surface area contributed by atoms with Crippen LogP contribution in [0.25, 0.3) is 10.9 Å². The first kappa shape index (κ1) is 9.87. The molecule has 1 aromatic heterocycles. The molecule has 1 fully saturated rings. The number of nitrogens with one attached hydrogen (secondary N) is 2. The van der Waals surface area contributed by atoms with E-state index >= 15 is 0 Å². The Labute approximate surface area is 95.0 Å². The number of nitrogens with two attached hydrogens (primary N) is 1. The molecule has 1 saturated carbocycles. The number of rotatable bonds is 4. The minimum Gasteiger partial charge on any atom is -0.357 e. The highest BCUT2D eigenvalue weighted by Crippen LogP contribution is 2.22. The molecule has 3 rings (SSSR count). The van der Waals surface area contributed by atoms with E-state index in [1.807, 2.05) is 0 Å². The lowest BCUT2D eigenvalue weighted by atomic mass is 10.1. The molecular formula is C13H17N3. The Morgan fingerprint density at radius 1 is 1.38 bits per heavy atom. The zero-order chi connectivity index (χ0) is 11.0. The average Bonchev–Trinajstić information content (AvgIpc) is 3.04. The SMILES string of the molecule is NCc1cccc2cc(CNC3CC3)[nH]c12. The molecule has 0 atom stereocenters. The highest BCUT2D eigenvalue weighted by Gasteiger charge is 2.20. The molecule has 2 aromatic rings. The van der Waals surface area contributed by atoms with Gasteiger partial charge >= 0.3 is 0 Å². The maximum absolute atomic E-state index is 5.72. The van der Waals surface area contributed by atoms with Gasteiger partial charge in [0.05, 0.1) is 5.52 Å². The molecule has 1 aliphatic rings. The summed E-state index contributed by atoms with van der Waals surface area (Å²) in [4.78, 5) is 3.46. The Morgan fingerprint density at radius 3 is 3.00 bits per heavy atom. The van der Waals surface area contributed by atoms with E-state index in [0.717, 1.165) is 12.6 Å². The second-order valence-electron chi connectivity index (χ2n) is 4.54. The van der Waals surface area contributed by atoms with Crippen molar-refractivity contribution in [2.24, 2.45) is 5.73 Å². The van der Waals surface area contributed by atoms with Crippen molar-refractivity contribution < 1.29 is 0 Å². The predicted molar refractivity (Wildman–Crippen MR) is 66.1 cm³/mol. The monoisotopic (exact) mass is 215 g/mol. The third kappa shape index (κ3) is 1.84. The van der Waals surface area contributed by atoms with Gasteiger partial charge in [-0.15, -0.1) is 0 Å². The number of aromatic amines is 1. The second kappa shape index (κ2) is 3.92. The molecule has 1 aromatic carbocycles. The molecule has 16 heavy (non-hydrogen) atoms. The van der Waals surface area contributed by atoms with E-state index < -0.39 is 0 Å². The maximum Gasteiger partial charge on any atom is 0.0501 e. The van der Waals surface area contributed by atoms with Crippen molar-refractivity contribution in [2.75, 3.05) is 0 Å². The number of fused-ring (bicyclic) bond motifs is 1. The number of benzene rings is 1. The Hall–Kier alpha value is -1.32. The van der Waals surface area contributed by atoms with Gasteiger partial charge in [-0.3, -0.25) is 0 Å². The summed E-state index contributed by atoms with van der Waals surface area (Å²) in [6.45, 7) is 1.52. The minimum absolute atomic E-state index is 0.591. The highest BCUT2D eigenvalue weighted by molar-refractivity contribution is 5.83. The molecule has 0 bridgehead atoms. The van der Waals surface area contributed by atoms with Gasteiger partial charge in [0, 0.05) is 30.2 Å². The summed E-state index contributed by atoms with van der Waals surface area (Å²) >= 11 is 0. The zero-order valence-electron chi connectivity index (χ0n) is 9.29. The van der Waals surface area contributed by atoms with Gasteiger partial charge in [0.1, 0.15) is 0 Å². The molecule has 0 aliphatic heterocycles. The Balaban J connectivity index is 1.88. The van der Waals surface area contributed by atoms with Crippen LogP contribution in [0.4, 0.5) is 0 Å². The van der Waals surface area contributed by atoms with Crippen LogP contribution in [-0.2, 0) is 13.1 Å². The topological polar surface area (TPSA) is 53.8 Å². The third-order valence-corrected chi connectivity index (χ3v) is 3.18. The molecule has 1 heterocycles. The van der Waals surface area contributed by atoms with E-state index in [1.165, 1.54) is 35.0 Å². The van der Waals surface area contributed by atoms with Gasteiger partial charge in [-0.2, -0.15) is 0 Å². The zero-order valence-corrected chi connectivity index (χ0v) is 9.29. The molecule has 1 aliphatic carbocycles. The Morgan fingerprint density at radius 2 is 2.25 bits per heavy atom. The molecule has 3 nitrogen and oxygen atoms in total. The quantitative estimate of drug-likeness (QED) is 0.729. The largest absolute Gasteiger partial charge is 0.357 e. The van der Waals surface area contributed by atoms with Gasteiger partial charge in [0.2, 0.25) is 0 Å². The average molecular weight is 215 g/mol. The van der Waals surface area contributed by atoms with E-state index in [9.17, 15) is 0 Å². The van der Waals surface area contributed by atoms with Crippen molar-refractivity contribution in [3.8, 4) is 0 Å². The van der Waals surface area contributed by atoms with Crippen LogP contribution < -0.4 is 11.1 Å². The number of para-hydroxylation sites is 1. The molecule has 0 amide bonds. The first-order chi connectivity index (χ1) is 7.86. The minimum atomic E-state index is 0.591. The summed E-state index contributed by atoms with van der Waals surface area (Å²) in [5.74, 6) is 0. The van der Waals surface area contributed by atoms with Crippen molar-refractivity contribution in [3.05, 3.63) is 35.5 Å². The first-order valence-corrected chi connectivity index (χ1v) is 5.90. The fourth-order valence-electron chi connectivity index (χ4n) is 2.08. The van der Waals surface area contributed by atoms with E-state index in [1.54, 1.807) is 0 Å². The fraction of sp³-hybridized carbons (Fsp3) is 0.385. The van der Waals surface area contributed by atoms with E-state index in [0.29, 0.717) is 6.54 Å². The second-order valence-corrected chi connectivity index (χ2v) is 4.54. The van der Waals surface area contributed by atoms with Crippen LogP contribution in [0.15, 0.2) is 24.3 Å². The standard InChI is InChI=1S/C13H17N3/c14-7-10-3-1-2-9-6-12(16-13(9)10)8-15-11-4-5-11/h1-3,6,11,15-16H,4-5,7-8,14H2. The predicted octanol–water partition coefficient (Wildman–Crippen LogP) is 1.88. The van der Waals surface area contributed by atoms with Crippen LogP contribution in [-0.4, -0.2) is 11.0 Å². The normalized spacial score (nSPS) is 15.8. The van der Waals surface area contributed by atoms with Crippen LogP contribution in [0, 0.1) is 0 Å². The molecule has 84 valence electrons. The third-order valence-electron chi connectivity index (χ3n) is 3.18. The Kier molecular flexibility index (Phi) is 2.42. The number of hydrogen-bond donors (Lipinski definition) is 3. The van der Waals surface area contributed by atoms with Crippen molar-refractivity contribution in [1.82, 2.24) is 10.3 Å². The Bertz CT molecular complexity index is 497. The van der Waals surface area contributed by atoms with Gasteiger partial charge in [-0.1, -0.05) is 18.2 Å². The molecule has 0 radical (unpaired) electrons. The van der Waals surface area contributed by atoms with Crippen molar-refractivity contribution in [1.29, 1.82) is 0 Å². The van der Waals surface area contributed by atoms with Gasteiger partial charge in [0.15, 0.2) is 0 Å². The van der Waals surface area contributed by atoms with Crippen molar-refractivity contribution in [3.63, 3.8) is 0 Å². The van der Waals surface area contributed by atoms with E-state index in [-0.39, 0.29) is 0 Å². The van der Waals surface area contributed by atoms with Crippen LogP contribution in [0.1, 0.15) is 24.1 Å². The van der Waals surface area contributed by atoms with Gasteiger partial charge in [-0.05, 0) is 24.5 Å². The first-order valence-electron chi connectivity index (χ1n) is 5.90. The maximum atomic E-state index is 5.72. The number of aromatic nitrogens is 1. The number of H-pyrrole nitrogens is 1. The molecular weight excluding hydrogens is 198 g/mol. The van der Waals surface area contributed by atoms with Gasteiger partial charge < -0.3 is 16.0 Å². The van der Waals surface area contributed by atoms with Crippen LogP contribution in [0.5, 0.6) is 0 Å². The summed E-state index contributed by atoms with van der Waals surface area (Å²) in [5.41, 5.74) is 9.36. The molecule has 0 unspecified atom stereocenters. The van der Waals surface area contributed by atoms with E-state index in [2.05, 4.69) is 34.6 Å². The van der Waals surface area contributed by atoms with Crippen LogP contribution >= 0.6 is 0 Å². The van der Waals surface area contributed by atoms with E-state index in [4.69, 9.17) is 5.73 Å². The lowest BCUT2D eigenvalue weighted by molar-refractivity contribution is 0.678. The summed E-state index contributed by atoms with van der Waals surface area (Å²) in [6.07, 6.45) is 2.66. The van der Waals surface area contributed by atoms with Crippen LogP contribution in [0.3, 0.4) is 0 Å². The summed E-state index contributed by atoms with van der Waals surface area (Å²) in [6, 6.07) is 9.24. The summed E-state index contributed by atoms with van der Waals surface area (Å²) < 4.78 is 0. The molecule has 4 N–H and O–H groups in total. The summed E-state index contributed by atoms with van der Waals surface area (Å²) in [7, 11) is 0. The van der Waals surface area contributed by atoms with Gasteiger partial charge in [-0.25, -0.2) is 0 Å². The molecule has 0 spiro atoms. The number of hydrogen-bond acceptors (Lipinski definition) is 2. The molecule has 3 heteroatoms. The van der Waals surface area contributed by atoms with Crippen LogP contribution in [0.2, 0.25) is 0 Å². The fourth-order valence-corrected chi connectivity index (χ4v) is 2.08. The lowest BCUT2D eigenvalue weighted by Gasteiger charge is -1.99. The van der Waals surface area contributed by atoms with Crippen molar-refractivity contribution in [2.45, 2.75) is 32.0 Å². The van der Waals surface area contributed by atoms with Crippen molar-refractivity contribution >= 4 is 10.9 Å². The summed E-state index contributed by atoms with van der Waals surface area (Å²) in [5, 5.41) is 4.77. The highest BCUT2D eigenvalue weighted by atomic mass is 15.0. The van der Waals surface area contributed by atoms with Gasteiger partial charge in [0.25, 0.3) is 0 Å². The lowest BCUT2D eigenvalue weighted by Crippen LogP contribution is -2.15. The molecule has 0 saturated heterocycles.